The van der Waals surface area contributed by atoms with Crippen LogP contribution in [0.4, 0.5) is 4.39 Å². The zero-order chi connectivity index (χ0) is 19.9. The number of aryl methyl sites for hydroxylation is 1. The molecule has 0 fully saturated rings. The highest BCUT2D eigenvalue weighted by atomic mass is 19.1. The van der Waals surface area contributed by atoms with Gasteiger partial charge < -0.3 is 15.6 Å². The maximum absolute atomic E-state index is 14.0. The van der Waals surface area contributed by atoms with E-state index >= 15 is 0 Å². The number of aromatic nitrogens is 1. The van der Waals surface area contributed by atoms with Crippen LogP contribution < -0.4 is 10.6 Å². The van der Waals surface area contributed by atoms with Crippen molar-refractivity contribution in [3.05, 3.63) is 70.7 Å². The molecule has 0 aliphatic carbocycles. The molecule has 6 heteroatoms. The molecule has 3 rings (SSSR count). The summed E-state index contributed by atoms with van der Waals surface area (Å²) in [6.45, 7) is 3.16. The van der Waals surface area contributed by atoms with Gasteiger partial charge in [0.05, 0.1) is 11.6 Å². The summed E-state index contributed by atoms with van der Waals surface area (Å²) in [5.74, 6) is 0.213. The molecule has 2 aromatic carbocycles. The lowest BCUT2D eigenvalue weighted by atomic mass is 10.1. The van der Waals surface area contributed by atoms with Crippen LogP contribution in [0.15, 0.2) is 47.6 Å². The molecule has 0 aliphatic rings. The van der Waals surface area contributed by atoms with E-state index in [0.29, 0.717) is 30.2 Å². The molecule has 1 heterocycles. The maximum Gasteiger partial charge on any atom is 0.191 e. The number of hydrogen-bond acceptors (Lipinski definition) is 2. The van der Waals surface area contributed by atoms with Gasteiger partial charge in [0.15, 0.2) is 5.96 Å². The summed E-state index contributed by atoms with van der Waals surface area (Å²) in [6.07, 6.45) is 3.91. The van der Waals surface area contributed by atoms with Gasteiger partial charge in [0.2, 0.25) is 0 Å². The number of fused-ring (bicyclic) bond motifs is 1. The molecule has 0 saturated heterocycles. The first-order valence-electron chi connectivity index (χ1n) is 9.37. The summed E-state index contributed by atoms with van der Waals surface area (Å²) in [5, 5.41) is 16.4. The zero-order valence-electron chi connectivity index (χ0n) is 16.1. The number of guanidine groups is 1. The maximum atomic E-state index is 14.0. The van der Waals surface area contributed by atoms with Crippen molar-refractivity contribution in [3.63, 3.8) is 0 Å². The summed E-state index contributed by atoms with van der Waals surface area (Å²) in [7, 11) is 1.68. The molecule has 3 aromatic rings. The van der Waals surface area contributed by atoms with Crippen molar-refractivity contribution in [1.29, 1.82) is 5.26 Å². The summed E-state index contributed by atoms with van der Waals surface area (Å²) in [6, 6.07) is 12.8. The number of nitrogens with zero attached hydrogens (tertiary/aromatic N) is 2. The first kappa shape index (κ1) is 19.4. The lowest BCUT2D eigenvalue weighted by molar-refractivity contribution is 0.604. The molecule has 3 N–H and O–H groups in total. The van der Waals surface area contributed by atoms with Gasteiger partial charge in [-0.25, -0.2) is 4.39 Å². The minimum absolute atomic E-state index is 0.296. The minimum atomic E-state index is -0.396. The first-order valence-corrected chi connectivity index (χ1v) is 9.37. The molecule has 28 heavy (non-hydrogen) atoms. The van der Waals surface area contributed by atoms with Gasteiger partial charge >= 0.3 is 0 Å². The second-order valence-electron chi connectivity index (χ2n) is 6.53. The number of rotatable bonds is 6. The standard InChI is InChI=1S/C22H24FN5/c1-3-16-5-4-6-19-17(13-27-21(16)19)9-10-26-22(25-2)28-14-18-8-7-15(12-24)11-20(18)23/h4-8,11,13,27H,3,9-10,14H2,1-2H3,(H2,25,26,28). The molecule has 0 spiro atoms. The Kier molecular flexibility index (Phi) is 6.28. The van der Waals surface area contributed by atoms with Crippen LogP contribution in [0.5, 0.6) is 0 Å². The Hall–Kier alpha value is -3.33. The fourth-order valence-electron chi connectivity index (χ4n) is 3.25. The van der Waals surface area contributed by atoms with Crippen LogP contribution in [0.25, 0.3) is 10.9 Å². The molecule has 144 valence electrons. The molecule has 5 nitrogen and oxygen atoms in total. The number of aromatic amines is 1. The fraction of sp³-hybridized carbons (Fsp3) is 0.273. The number of nitrogens with one attached hydrogen (secondary N) is 3. The second-order valence-corrected chi connectivity index (χ2v) is 6.53. The molecular weight excluding hydrogens is 353 g/mol. The monoisotopic (exact) mass is 377 g/mol. The van der Waals surface area contributed by atoms with Crippen LogP contribution in [0.1, 0.15) is 29.2 Å². The largest absolute Gasteiger partial charge is 0.361 e. The van der Waals surface area contributed by atoms with E-state index in [1.54, 1.807) is 19.2 Å². The van der Waals surface area contributed by atoms with Gasteiger partial charge in [-0.1, -0.05) is 31.2 Å². The molecular formula is C22H24FN5. The van der Waals surface area contributed by atoms with Crippen LogP contribution in [0, 0.1) is 17.1 Å². The third-order valence-corrected chi connectivity index (χ3v) is 4.81. The summed E-state index contributed by atoms with van der Waals surface area (Å²) >= 11 is 0. The molecule has 0 aliphatic heterocycles. The predicted molar refractivity (Wildman–Crippen MR) is 111 cm³/mol. The Morgan fingerprint density at radius 2 is 2.04 bits per heavy atom. The zero-order valence-corrected chi connectivity index (χ0v) is 16.1. The molecule has 0 saturated carbocycles. The number of benzene rings is 2. The van der Waals surface area contributed by atoms with Crippen LogP contribution in [-0.2, 0) is 19.4 Å². The number of aliphatic imine (C=N–C) groups is 1. The number of nitriles is 1. The highest BCUT2D eigenvalue weighted by Crippen LogP contribution is 2.22. The quantitative estimate of drug-likeness (QED) is 0.453. The highest BCUT2D eigenvalue weighted by molar-refractivity contribution is 5.86. The SMILES string of the molecule is CCc1cccc2c(CCNC(=NC)NCc3ccc(C#N)cc3F)c[nH]c12. The van der Waals surface area contributed by atoms with Crippen LogP contribution in [0.3, 0.4) is 0 Å². The fourth-order valence-corrected chi connectivity index (χ4v) is 3.25. The molecule has 0 radical (unpaired) electrons. The van der Waals surface area contributed by atoms with Crippen molar-refractivity contribution >= 4 is 16.9 Å². The third-order valence-electron chi connectivity index (χ3n) is 4.81. The summed E-state index contributed by atoms with van der Waals surface area (Å²) in [4.78, 5) is 7.57. The van der Waals surface area contributed by atoms with E-state index in [-0.39, 0.29) is 0 Å². The van der Waals surface area contributed by atoms with Crippen molar-refractivity contribution in [1.82, 2.24) is 15.6 Å². The summed E-state index contributed by atoms with van der Waals surface area (Å²) in [5.41, 5.74) is 4.59. The number of hydrogen-bond donors (Lipinski definition) is 3. The third kappa shape index (κ3) is 4.32. The van der Waals surface area contributed by atoms with E-state index in [1.165, 1.54) is 28.1 Å². The smallest absolute Gasteiger partial charge is 0.191 e. The Morgan fingerprint density at radius 3 is 2.75 bits per heavy atom. The number of halogens is 1. The highest BCUT2D eigenvalue weighted by Gasteiger charge is 2.08. The average molecular weight is 377 g/mol. The molecule has 0 amide bonds. The molecule has 0 atom stereocenters. The van der Waals surface area contributed by atoms with Gasteiger partial charge in [-0.2, -0.15) is 5.26 Å². The average Bonchev–Trinajstić information content (AvgIpc) is 3.14. The van der Waals surface area contributed by atoms with Gasteiger partial charge in [0.25, 0.3) is 0 Å². The van der Waals surface area contributed by atoms with Gasteiger partial charge in [0, 0.05) is 42.8 Å². The van der Waals surface area contributed by atoms with E-state index in [1.807, 2.05) is 6.07 Å². The van der Waals surface area contributed by atoms with Crippen LogP contribution in [-0.4, -0.2) is 24.5 Å². The first-order chi connectivity index (χ1) is 13.7. The van der Waals surface area contributed by atoms with Crippen molar-refractivity contribution in [2.24, 2.45) is 4.99 Å². The van der Waals surface area contributed by atoms with Crippen LogP contribution in [0.2, 0.25) is 0 Å². The topological polar surface area (TPSA) is 76.0 Å². The predicted octanol–water partition coefficient (Wildman–Crippen LogP) is 3.65. The van der Waals surface area contributed by atoms with Crippen molar-refractivity contribution in [3.8, 4) is 6.07 Å². The van der Waals surface area contributed by atoms with E-state index in [9.17, 15) is 4.39 Å². The lowest BCUT2D eigenvalue weighted by Gasteiger charge is -2.12. The number of para-hydroxylation sites is 1. The van der Waals surface area contributed by atoms with Crippen LogP contribution >= 0.6 is 0 Å². The van der Waals surface area contributed by atoms with Gasteiger partial charge in [-0.15, -0.1) is 0 Å². The van der Waals surface area contributed by atoms with E-state index in [4.69, 9.17) is 5.26 Å². The molecule has 0 bridgehead atoms. The lowest BCUT2D eigenvalue weighted by Crippen LogP contribution is -2.38. The Morgan fingerprint density at radius 1 is 1.18 bits per heavy atom. The van der Waals surface area contributed by atoms with E-state index in [2.05, 4.69) is 51.9 Å². The number of H-pyrrole nitrogens is 1. The van der Waals surface area contributed by atoms with Crippen molar-refractivity contribution in [2.45, 2.75) is 26.3 Å². The molecule has 0 unspecified atom stereocenters. The van der Waals surface area contributed by atoms with Crippen molar-refractivity contribution in [2.75, 3.05) is 13.6 Å². The van der Waals surface area contributed by atoms with Gasteiger partial charge in [0.1, 0.15) is 5.82 Å². The minimum Gasteiger partial charge on any atom is -0.361 e. The van der Waals surface area contributed by atoms with Crippen molar-refractivity contribution < 1.29 is 4.39 Å². The molecule has 1 aromatic heterocycles. The van der Waals surface area contributed by atoms with E-state index < -0.39 is 5.82 Å². The Labute approximate surface area is 164 Å². The van der Waals surface area contributed by atoms with Gasteiger partial charge in [-0.3, -0.25) is 4.99 Å². The second kappa shape index (κ2) is 9.05. The normalized spacial score (nSPS) is 11.4. The summed E-state index contributed by atoms with van der Waals surface area (Å²) < 4.78 is 14.0. The van der Waals surface area contributed by atoms with E-state index in [0.717, 1.165) is 12.8 Å². The Balaban J connectivity index is 1.56. The van der Waals surface area contributed by atoms with Gasteiger partial charge in [-0.05, 0) is 36.1 Å². The Bertz CT molecular complexity index is 1030.